The Bertz CT molecular complexity index is 694. The van der Waals surface area contributed by atoms with Crippen LogP contribution >= 0.6 is 0 Å². The fourth-order valence-corrected chi connectivity index (χ4v) is 3.96. The number of rotatable bonds is 4. The van der Waals surface area contributed by atoms with Crippen LogP contribution in [0.5, 0.6) is 0 Å². The van der Waals surface area contributed by atoms with Crippen molar-refractivity contribution in [1.82, 2.24) is 15.3 Å². The zero-order valence-corrected chi connectivity index (χ0v) is 14.0. The average Bonchev–Trinajstić information content (AvgIpc) is 3.13. The summed E-state index contributed by atoms with van der Waals surface area (Å²) in [5.74, 6) is 2.33. The molecular weight excluding hydrogens is 298 g/mol. The molecule has 0 radical (unpaired) electrons. The van der Waals surface area contributed by atoms with Crippen LogP contribution in [0.3, 0.4) is 0 Å². The maximum absolute atomic E-state index is 6.03. The van der Waals surface area contributed by atoms with Gasteiger partial charge in [-0.2, -0.15) is 4.98 Å². The predicted molar refractivity (Wildman–Crippen MR) is 97.1 cm³/mol. The average molecular weight is 323 g/mol. The minimum Gasteiger partial charge on any atom is -0.369 e. The van der Waals surface area contributed by atoms with Crippen LogP contribution in [0.4, 0.5) is 11.8 Å². The van der Waals surface area contributed by atoms with Gasteiger partial charge in [-0.3, -0.25) is 0 Å². The van der Waals surface area contributed by atoms with Crippen molar-refractivity contribution in [2.75, 3.05) is 30.7 Å². The number of aromatic nitrogens is 2. The fourth-order valence-electron chi connectivity index (χ4n) is 3.96. The van der Waals surface area contributed by atoms with E-state index in [0.29, 0.717) is 17.8 Å². The lowest BCUT2D eigenvalue weighted by molar-refractivity contribution is 0.591. The second-order valence-corrected chi connectivity index (χ2v) is 6.89. The van der Waals surface area contributed by atoms with Crippen molar-refractivity contribution in [2.24, 2.45) is 5.92 Å². The van der Waals surface area contributed by atoms with Crippen LogP contribution in [-0.4, -0.2) is 29.6 Å². The molecule has 1 aliphatic heterocycles. The van der Waals surface area contributed by atoms with E-state index in [1.165, 1.54) is 24.0 Å². The highest BCUT2D eigenvalue weighted by Crippen LogP contribution is 2.38. The van der Waals surface area contributed by atoms with Gasteiger partial charge in [-0.25, -0.2) is 4.98 Å². The van der Waals surface area contributed by atoms with E-state index in [9.17, 15) is 0 Å². The van der Waals surface area contributed by atoms with E-state index >= 15 is 0 Å². The molecule has 2 aliphatic rings. The molecule has 2 aromatic rings. The second kappa shape index (κ2) is 6.77. The first kappa shape index (κ1) is 15.4. The summed E-state index contributed by atoms with van der Waals surface area (Å²) in [4.78, 5) is 9.14. The highest BCUT2D eigenvalue weighted by Gasteiger charge is 2.27. The Labute approximate surface area is 143 Å². The standard InChI is InChI=1S/C19H25N5/c20-19-23-17-15(14-5-2-1-3-6-14)7-4-8-16(17)18(24-19)22-12-13-9-10-21-11-13/h1-3,5-6,13,15,21H,4,7-12H2,(H3,20,22,23,24). The molecule has 0 amide bonds. The highest BCUT2D eigenvalue weighted by molar-refractivity contribution is 5.53. The number of benzene rings is 1. The minimum atomic E-state index is 0.328. The Morgan fingerprint density at radius 3 is 2.83 bits per heavy atom. The van der Waals surface area contributed by atoms with Crippen molar-refractivity contribution in [3.8, 4) is 0 Å². The van der Waals surface area contributed by atoms with Gasteiger partial charge in [0, 0.05) is 18.0 Å². The maximum Gasteiger partial charge on any atom is 0.222 e. The normalized spacial score (nSPS) is 23.0. The fraction of sp³-hybridized carbons (Fsp3) is 0.474. The third-order valence-electron chi connectivity index (χ3n) is 5.23. The van der Waals surface area contributed by atoms with Gasteiger partial charge in [0.25, 0.3) is 0 Å². The first-order chi connectivity index (χ1) is 11.8. The summed E-state index contributed by atoms with van der Waals surface area (Å²) in [6, 6.07) is 10.6. The lowest BCUT2D eigenvalue weighted by Gasteiger charge is -2.27. The molecule has 1 saturated heterocycles. The van der Waals surface area contributed by atoms with E-state index in [1.807, 2.05) is 0 Å². The van der Waals surface area contributed by atoms with Crippen LogP contribution in [0.2, 0.25) is 0 Å². The van der Waals surface area contributed by atoms with E-state index in [1.54, 1.807) is 0 Å². The lowest BCUT2D eigenvalue weighted by atomic mass is 9.82. The number of hydrogen-bond donors (Lipinski definition) is 3. The number of fused-ring (bicyclic) bond motifs is 1. The number of nitrogens with two attached hydrogens (primary N) is 1. The number of nitrogens with zero attached hydrogens (tertiary/aromatic N) is 2. The van der Waals surface area contributed by atoms with Gasteiger partial charge in [0.05, 0.1) is 5.69 Å². The molecule has 0 spiro atoms. The number of hydrogen-bond acceptors (Lipinski definition) is 5. The molecule has 0 bridgehead atoms. The molecule has 5 heteroatoms. The predicted octanol–water partition coefficient (Wildman–Crippen LogP) is 2.55. The first-order valence-corrected chi connectivity index (χ1v) is 8.97. The zero-order valence-electron chi connectivity index (χ0n) is 14.0. The number of nitrogen functional groups attached to an aromatic ring is 1. The summed E-state index contributed by atoms with van der Waals surface area (Å²) in [6.45, 7) is 3.15. The molecule has 4 N–H and O–H groups in total. The molecule has 24 heavy (non-hydrogen) atoms. The molecule has 1 fully saturated rings. The quantitative estimate of drug-likeness (QED) is 0.806. The molecule has 1 aromatic carbocycles. The Morgan fingerprint density at radius 2 is 2.04 bits per heavy atom. The van der Waals surface area contributed by atoms with Crippen molar-refractivity contribution >= 4 is 11.8 Å². The monoisotopic (exact) mass is 323 g/mol. The lowest BCUT2D eigenvalue weighted by Crippen LogP contribution is -2.22. The van der Waals surface area contributed by atoms with Crippen molar-refractivity contribution in [2.45, 2.75) is 31.6 Å². The summed E-state index contributed by atoms with van der Waals surface area (Å²) in [5, 5.41) is 6.97. The van der Waals surface area contributed by atoms with E-state index in [0.717, 1.165) is 44.0 Å². The minimum absolute atomic E-state index is 0.328. The van der Waals surface area contributed by atoms with Crippen LogP contribution in [0.1, 0.15) is 42.0 Å². The van der Waals surface area contributed by atoms with Gasteiger partial charge in [-0.15, -0.1) is 0 Å². The SMILES string of the molecule is Nc1nc(NCC2CCNC2)c2c(n1)C(c1ccccc1)CCC2. The van der Waals surface area contributed by atoms with E-state index in [2.05, 4.69) is 50.9 Å². The molecule has 2 heterocycles. The second-order valence-electron chi connectivity index (χ2n) is 6.89. The molecule has 5 nitrogen and oxygen atoms in total. The Morgan fingerprint density at radius 1 is 1.17 bits per heavy atom. The van der Waals surface area contributed by atoms with Crippen LogP contribution < -0.4 is 16.4 Å². The summed E-state index contributed by atoms with van der Waals surface area (Å²) in [7, 11) is 0. The van der Waals surface area contributed by atoms with Crippen LogP contribution in [0.15, 0.2) is 30.3 Å². The number of nitrogens with one attached hydrogen (secondary N) is 2. The summed E-state index contributed by atoms with van der Waals surface area (Å²) < 4.78 is 0. The Balaban J connectivity index is 1.63. The maximum atomic E-state index is 6.03. The molecule has 0 saturated carbocycles. The summed E-state index contributed by atoms with van der Waals surface area (Å²) in [5.41, 5.74) is 9.73. The van der Waals surface area contributed by atoms with Gasteiger partial charge in [0.2, 0.25) is 5.95 Å². The number of anilines is 2. The third kappa shape index (κ3) is 3.08. The van der Waals surface area contributed by atoms with E-state index < -0.39 is 0 Å². The van der Waals surface area contributed by atoms with Gasteiger partial charge in [-0.05, 0) is 50.3 Å². The zero-order chi connectivity index (χ0) is 16.4. The van der Waals surface area contributed by atoms with Crippen molar-refractivity contribution in [3.63, 3.8) is 0 Å². The Kier molecular flexibility index (Phi) is 4.34. The van der Waals surface area contributed by atoms with Crippen molar-refractivity contribution in [3.05, 3.63) is 47.2 Å². The first-order valence-electron chi connectivity index (χ1n) is 8.97. The molecule has 1 aliphatic carbocycles. The summed E-state index contributed by atoms with van der Waals surface area (Å²) >= 11 is 0. The molecule has 1 aromatic heterocycles. The third-order valence-corrected chi connectivity index (χ3v) is 5.23. The van der Waals surface area contributed by atoms with Gasteiger partial charge in [0.1, 0.15) is 5.82 Å². The van der Waals surface area contributed by atoms with Crippen LogP contribution in [0, 0.1) is 5.92 Å². The van der Waals surface area contributed by atoms with Gasteiger partial charge >= 0.3 is 0 Å². The van der Waals surface area contributed by atoms with Gasteiger partial charge in [-0.1, -0.05) is 30.3 Å². The molecule has 2 atom stereocenters. The molecule has 126 valence electrons. The largest absolute Gasteiger partial charge is 0.369 e. The molecule has 4 rings (SSSR count). The smallest absolute Gasteiger partial charge is 0.222 e. The van der Waals surface area contributed by atoms with Gasteiger partial charge in [0.15, 0.2) is 0 Å². The van der Waals surface area contributed by atoms with Crippen LogP contribution in [-0.2, 0) is 6.42 Å². The Hall–Kier alpha value is -2.14. The van der Waals surface area contributed by atoms with E-state index in [4.69, 9.17) is 5.73 Å². The topological polar surface area (TPSA) is 75.9 Å². The summed E-state index contributed by atoms with van der Waals surface area (Å²) in [6.07, 6.45) is 4.55. The van der Waals surface area contributed by atoms with Crippen molar-refractivity contribution < 1.29 is 0 Å². The molecule has 2 unspecified atom stereocenters. The molecular formula is C19H25N5. The van der Waals surface area contributed by atoms with Crippen molar-refractivity contribution in [1.29, 1.82) is 0 Å². The van der Waals surface area contributed by atoms with Crippen LogP contribution in [0.25, 0.3) is 0 Å². The highest BCUT2D eigenvalue weighted by atomic mass is 15.1. The van der Waals surface area contributed by atoms with E-state index in [-0.39, 0.29) is 0 Å². The van der Waals surface area contributed by atoms with Gasteiger partial charge < -0.3 is 16.4 Å².